The average Bonchev–Trinajstić information content (AvgIpc) is 2.36. The van der Waals surface area contributed by atoms with E-state index in [0.29, 0.717) is 0 Å². The molecule has 0 spiro atoms. The quantitative estimate of drug-likeness (QED) is 0.623. The molecule has 7 nitrogen and oxygen atoms in total. The molecule has 0 radical (unpaired) electrons. The molecular weight excluding hydrogens is 320 g/mol. The van der Waals surface area contributed by atoms with Gasteiger partial charge in [-0.05, 0) is 19.9 Å². The summed E-state index contributed by atoms with van der Waals surface area (Å²) in [7, 11) is -3.81. The van der Waals surface area contributed by atoms with Gasteiger partial charge in [-0.15, -0.1) is 0 Å². The van der Waals surface area contributed by atoms with Crippen molar-refractivity contribution < 1.29 is 18.1 Å². The molecule has 2 rings (SSSR count). The summed E-state index contributed by atoms with van der Waals surface area (Å²) in [5, 5.41) is 10.5. The number of hydrogen-bond donors (Lipinski definition) is 0. The van der Waals surface area contributed by atoms with Gasteiger partial charge in [0.2, 0.25) is 10.0 Å². The van der Waals surface area contributed by atoms with E-state index in [1.165, 1.54) is 4.31 Å². The van der Waals surface area contributed by atoms with Gasteiger partial charge in [0.05, 0.1) is 22.2 Å². The van der Waals surface area contributed by atoms with Gasteiger partial charge in [0.1, 0.15) is 4.90 Å². The molecule has 1 aromatic rings. The summed E-state index contributed by atoms with van der Waals surface area (Å²) in [5.74, 6) is 0. The number of hydrogen-bond acceptors (Lipinski definition) is 5. The van der Waals surface area contributed by atoms with E-state index in [1.807, 2.05) is 0 Å². The van der Waals surface area contributed by atoms with Crippen LogP contribution in [0.4, 0.5) is 5.69 Å². The topological polar surface area (TPSA) is 89.8 Å². The Morgan fingerprint density at radius 3 is 2.62 bits per heavy atom. The van der Waals surface area contributed by atoms with Gasteiger partial charge in [-0.3, -0.25) is 10.1 Å². The van der Waals surface area contributed by atoms with Crippen LogP contribution in [0.3, 0.4) is 0 Å². The number of rotatable bonds is 3. The lowest BCUT2D eigenvalue weighted by molar-refractivity contribution is -0.384. The van der Waals surface area contributed by atoms with Gasteiger partial charge in [-0.1, -0.05) is 11.6 Å². The summed E-state index contributed by atoms with van der Waals surface area (Å²) >= 11 is 5.91. The zero-order chi connectivity index (χ0) is 15.8. The minimum atomic E-state index is -3.81. The fourth-order valence-corrected chi connectivity index (χ4v) is 4.22. The average molecular weight is 335 g/mol. The van der Waals surface area contributed by atoms with Crippen LogP contribution in [0.15, 0.2) is 23.1 Å². The molecule has 21 heavy (non-hydrogen) atoms. The molecule has 0 amide bonds. The van der Waals surface area contributed by atoms with Gasteiger partial charge < -0.3 is 4.74 Å². The number of non-ortho nitro benzene ring substituents is 1. The molecule has 0 bridgehead atoms. The van der Waals surface area contributed by atoms with Crippen molar-refractivity contribution in [3.05, 3.63) is 33.3 Å². The second kappa shape index (κ2) is 5.53. The van der Waals surface area contributed by atoms with E-state index in [4.69, 9.17) is 16.3 Å². The predicted octanol–water partition coefficient (Wildman–Crippen LogP) is 2.05. The second-order valence-electron chi connectivity index (χ2n) is 5.32. The first-order valence-electron chi connectivity index (χ1n) is 6.21. The van der Waals surface area contributed by atoms with E-state index in [2.05, 4.69) is 0 Å². The molecule has 0 aliphatic carbocycles. The van der Waals surface area contributed by atoms with Crippen molar-refractivity contribution in [2.24, 2.45) is 0 Å². The molecular formula is C12H15ClN2O5S. The van der Waals surface area contributed by atoms with Crippen molar-refractivity contribution >= 4 is 27.3 Å². The first-order chi connectivity index (χ1) is 9.63. The molecule has 0 atom stereocenters. The molecule has 1 aromatic carbocycles. The van der Waals surface area contributed by atoms with Crippen molar-refractivity contribution in [3.8, 4) is 0 Å². The van der Waals surface area contributed by atoms with Crippen LogP contribution in [0.1, 0.15) is 13.8 Å². The van der Waals surface area contributed by atoms with Crippen molar-refractivity contribution in [1.29, 1.82) is 0 Å². The highest BCUT2D eigenvalue weighted by molar-refractivity contribution is 7.89. The SMILES string of the molecule is CC1(C)CN(S(=O)(=O)c2ccc([N+](=O)[O-])cc2Cl)CCO1. The van der Waals surface area contributed by atoms with Gasteiger partial charge in [-0.2, -0.15) is 4.31 Å². The number of nitro benzene ring substituents is 1. The number of sulfonamides is 1. The highest BCUT2D eigenvalue weighted by Crippen LogP contribution is 2.30. The summed E-state index contributed by atoms with van der Waals surface area (Å²) in [6.45, 7) is 4.30. The van der Waals surface area contributed by atoms with E-state index in [-0.39, 0.29) is 35.3 Å². The third kappa shape index (κ3) is 3.34. The van der Waals surface area contributed by atoms with E-state index in [9.17, 15) is 18.5 Å². The number of halogens is 1. The number of nitro groups is 1. The normalized spacial score (nSPS) is 19.4. The first-order valence-corrected chi connectivity index (χ1v) is 8.03. The molecule has 1 aliphatic rings. The molecule has 116 valence electrons. The van der Waals surface area contributed by atoms with Crippen LogP contribution in [-0.4, -0.2) is 42.9 Å². The summed E-state index contributed by atoms with van der Waals surface area (Å²) < 4.78 is 31.9. The molecule has 0 unspecified atom stereocenters. The smallest absolute Gasteiger partial charge is 0.271 e. The molecule has 1 aliphatic heterocycles. The zero-order valence-electron chi connectivity index (χ0n) is 11.6. The predicted molar refractivity (Wildman–Crippen MR) is 76.9 cm³/mol. The molecule has 0 aromatic heterocycles. The van der Waals surface area contributed by atoms with Crippen LogP contribution in [-0.2, 0) is 14.8 Å². The van der Waals surface area contributed by atoms with Gasteiger partial charge in [0, 0.05) is 25.2 Å². The van der Waals surface area contributed by atoms with Gasteiger partial charge in [-0.25, -0.2) is 8.42 Å². The summed E-state index contributed by atoms with van der Waals surface area (Å²) in [5.41, 5.74) is -0.834. The molecule has 1 saturated heterocycles. The maximum absolute atomic E-state index is 12.6. The summed E-state index contributed by atoms with van der Waals surface area (Å²) in [6, 6.07) is 3.34. The molecule has 0 saturated carbocycles. The maximum Gasteiger partial charge on any atom is 0.271 e. The van der Waals surface area contributed by atoms with Crippen molar-refractivity contribution in [2.75, 3.05) is 19.7 Å². The maximum atomic E-state index is 12.6. The van der Waals surface area contributed by atoms with Crippen LogP contribution in [0.2, 0.25) is 5.02 Å². The Morgan fingerprint density at radius 2 is 2.10 bits per heavy atom. The minimum absolute atomic E-state index is 0.132. The van der Waals surface area contributed by atoms with Gasteiger partial charge >= 0.3 is 0 Å². The van der Waals surface area contributed by atoms with Crippen LogP contribution < -0.4 is 0 Å². The first kappa shape index (κ1) is 16.2. The standard InChI is InChI=1S/C12H15ClN2O5S/c1-12(2)8-14(5-6-20-12)21(18,19)11-4-3-9(15(16)17)7-10(11)13/h3-4,7H,5-6,8H2,1-2H3. The van der Waals surface area contributed by atoms with E-state index < -0.39 is 20.5 Å². The van der Waals surface area contributed by atoms with E-state index in [0.717, 1.165) is 18.2 Å². The molecule has 1 heterocycles. The minimum Gasteiger partial charge on any atom is -0.373 e. The molecule has 0 N–H and O–H groups in total. The number of nitrogens with zero attached hydrogens (tertiary/aromatic N) is 2. The third-order valence-electron chi connectivity index (χ3n) is 3.13. The summed E-state index contributed by atoms with van der Waals surface area (Å²) in [4.78, 5) is 9.91. The Kier molecular flexibility index (Phi) is 4.25. The van der Waals surface area contributed by atoms with Gasteiger partial charge in [0.25, 0.3) is 5.69 Å². The van der Waals surface area contributed by atoms with E-state index >= 15 is 0 Å². The van der Waals surface area contributed by atoms with Crippen molar-refractivity contribution in [1.82, 2.24) is 4.31 Å². The number of ether oxygens (including phenoxy) is 1. The number of benzene rings is 1. The van der Waals surface area contributed by atoms with Gasteiger partial charge in [0.15, 0.2) is 0 Å². The fraction of sp³-hybridized carbons (Fsp3) is 0.500. The fourth-order valence-electron chi connectivity index (χ4n) is 2.13. The molecule has 1 fully saturated rings. The number of morpholine rings is 1. The van der Waals surface area contributed by atoms with E-state index in [1.54, 1.807) is 13.8 Å². The Morgan fingerprint density at radius 1 is 1.43 bits per heavy atom. The Hall–Kier alpha value is -1.22. The van der Waals surface area contributed by atoms with Crippen molar-refractivity contribution in [2.45, 2.75) is 24.3 Å². The lowest BCUT2D eigenvalue weighted by Crippen LogP contribution is -2.50. The van der Waals surface area contributed by atoms with Crippen LogP contribution in [0.25, 0.3) is 0 Å². The summed E-state index contributed by atoms with van der Waals surface area (Å²) in [6.07, 6.45) is 0. The second-order valence-corrected chi connectivity index (χ2v) is 7.63. The van der Waals surface area contributed by atoms with Crippen molar-refractivity contribution in [3.63, 3.8) is 0 Å². The Labute approximate surface area is 127 Å². The third-order valence-corrected chi connectivity index (χ3v) is 5.46. The molecule has 9 heteroatoms. The largest absolute Gasteiger partial charge is 0.373 e. The Bertz CT molecular complexity index is 674. The highest BCUT2D eigenvalue weighted by atomic mass is 35.5. The monoisotopic (exact) mass is 334 g/mol. The lowest BCUT2D eigenvalue weighted by atomic mass is 10.1. The lowest BCUT2D eigenvalue weighted by Gasteiger charge is -2.37. The highest BCUT2D eigenvalue weighted by Gasteiger charge is 2.36. The van der Waals surface area contributed by atoms with Crippen LogP contribution in [0, 0.1) is 10.1 Å². The van der Waals surface area contributed by atoms with Crippen LogP contribution >= 0.6 is 11.6 Å². The zero-order valence-corrected chi connectivity index (χ0v) is 13.1. The van der Waals surface area contributed by atoms with Crippen LogP contribution in [0.5, 0.6) is 0 Å². The Balaban J connectivity index is 2.38.